The van der Waals surface area contributed by atoms with Crippen molar-refractivity contribution in [1.82, 2.24) is 0 Å². The van der Waals surface area contributed by atoms with Crippen molar-refractivity contribution in [2.24, 2.45) is 0 Å². The van der Waals surface area contributed by atoms with E-state index in [-0.39, 0.29) is 17.0 Å². The van der Waals surface area contributed by atoms with Gasteiger partial charge in [-0.15, -0.1) is 0 Å². The van der Waals surface area contributed by atoms with Gasteiger partial charge >= 0.3 is 11.9 Å². The molecule has 18 heavy (non-hydrogen) atoms. The monoisotopic (exact) mass is 272 g/mol. The predicted octanol–water partition coefficient (Wildman–Crippen LogP) is 2.25. The van der Waals surface area contributed by atoms with Gasteiger partial charge in [0.25, 0.3) is 0 Å². The van der Waals surface area contributed by atoms with Crippen LogP contribution in [0.2, 0.25) is 0 Å². The second-order valence-corrected chi connectivity index (χ2v) is 5.10. The minimum atomic E-state index is -0.490. The third kappa shape index (κ3) is 4.10. The number of hydrogen-bond donors (Lipinski definition) is 0. The number of rotatable bonds is 6. The Morgan fingerprint density at radius 3 is 2.72 bits per heavy atom. The highest BCUT2D eigenvalue weighted by Gasteiger charge is 2.17. The molecule has 0 fully saturated rings. The molecule has 1 aromatic rings. The molecule has 1 rings (SSSR count). The molecule has 0 saturated heterocycles. The maximum atomic E-state index is 11.4. The second kappa shape index (κ2) is 7.10. The normalized spacial score (nSPS) is 11.9. The van der Waals surface area contributed by atoms with Crippen LogP contribution in [0.1, 0.15) is 29.5 Å². The fourth-order valence-corrected chi connectivity index (χ4v) is 2.28. The Morgan fingerprint density at radius 1 is 1.39 bits per heavy atom. The van der Waals surface area contributed by atoms with Crippen LogP contribution in [-0.4, -0.2) is 31.4 Å². The van der Waals surface area contributed by atoms with Gasteiger partial charge in [0.05, 0.1) is 26.9 Å². The Hall–Kier alpha value is -1.43. The molecule has 1 unspecified atom stereocenters. The largest absolute Gasteiger partial charge is 0.469 e. The van der Waals surface area contributed by atoms with Crippen LogP contribution in [0.15, 0.2) is 16.7 Å². The minimum Gasteiger partial charge on any atom is -0.469 e. The number of carbonyl (C=O) groups excluding carboxylic acids is 2. The Balaban J connectivity index is 2.51. The topological polar surface area (TPSA) is 65.7 Å². The average molecular weight is 272 g/mol. The lowest BCUT2D eigenvalue weighted by Gasteiger charge is -2.09. The van der Waals surface area contributed by atoms with Crippen LogP contribution in [0.5, 0.6) is 0 Å². The molecule has 0 aliphatic rings. The van der Waals surface area contributed by atoms with Gasteiger partial charge < -0.3 is 13.9 Å². The summed E-state index contributed by atoms with van der Waals surface area (Å²) >= 11 is 1.55. The van der Waals surface area contributed by atoms with Gasteiger partial charge in [-0.05, 0) is 6.07 Å². The molecule has 0 aliphatic heterocycles. The predicted molar refractivity (Wildman–Crippen MR) is 67.4 cm³/mol. The van der Waals surface area contributed by atoms with E-state index < -0.39 is 5.97 Å². The number of furan rings is 1. The van der Waals surface area contributed by atoms with Crippen molar-refractivity contribution >= 4 is 23.7 Å². The van der Waals surface area contributed by atoms with Crippen molar-refractivity contribution in [2.45, 2.75) is 24.3 Å². The smallest absolute Gasteiger partial charge is 0.374 e. The summed E-state index contributed by atoms with van der Waals surface area (Å²) in [5.74, 6) is 0.0703. The zero-order valence-electron chi connectivity index (χ0n) is 10.6. The van der Waals surface area contributed by atoms with Gasteiger partial charge in [-0.1, -0.05) is 6.92 Å². The molecular weight excluding hydrogens is 256 g/mol. The van der Waals surface area contributed by atoms with E-state index in [1.165, 1.54) is 20.5 Å². The van der Waals surface area contributed by atoms with E-state index in [0.717, 1.165) is 5.56 Å². The van der Waals surface area contributed by atoms with Crippen LogP contribution in [0.4, 0.5) is 0 Å². The number of methoxy groups -OCH3 is 2. The van der Waals surface area contributed by atoms with E-state index in [2.05, 4.69) is 9.47 Å². The lowest BCUT2D eigenvalue weighted by atomic mass is 10.3. The molecule has 0 amide bonds. The number of carbonyl (C=O) groups is 2. The summed E-state index contributed by atoms with van der Waals surface area (Å²) in [6.45, 7) is 1.93. The minimum absolute atomic E-state index is 0.109. The lowest BCUT2D eigenvalue weighted by Crippen LogP contribution is -2.09. The summed E-state index contributed by atoms with van der Waals surface area (Å²) < 4.78 is 14.3. The molecule has 6 heteroatoms. The SMILES string of the molecule is COC(=O)CC(C)SCc1ccoc1C(=O)OC. The molecule has 1 aromatic heterocycles. The summed E-state index contributed by atoms with van der Waals surface area (Å²) in [4.78, 5) is 22.4. The molecule has 0 aliphatic carbocycles. The van der Waals surface area contributed by atoms with Crippen molar-refractivity contribution in [3.63, 3.8) is 0 Å². The van der Waals surface area contributed by atoms with Crippen LogP contribution in [0.3, 0.4) is 0 Å². The third-order valence-corrected chi connectivity index (χ3v) is 3.54. The summed E-state index contributed by atoms with van der Waals surface area (Å²) in [6.07, 6.45) is 1.79. The first-order chi connectivity index (χ1) is 8.58. The number of thioether (sulfide) groups is 1. The van der Waals surface area contributed by atoms with Crippen molar-refractivity contribution < 1.29 is 23.5 Å². The first-order valence-electron chi connectivity index (χ1n) is 5.41. The van der Waals surface area contributed by atoms with Gasteiger partial charge in [-0.25, -0.2) is 4.79 Å². The van der Waals surface area contributed by atoms with Crippen LogP contribution in [0, 0.1) is 0 Å². The molecule has 0 aromatic carbocycles. The fourth-order valence-electron chi connectivity index (χ4n) is 1.33. The highest BCUT2D eigenvalue weighted by Crippen LogP contribution is 2.23. The Labute approximate surface area is 110 Å². The third-order valence-electron chi connectivity index (χ3n) is 2.32. The molecule has 0 bridgehead atoms. The highest BCUT2D eigenvalue weighted by atomic mass is 32.2. The maximum Gasteiger partial charge on any atom is 0.374 e. The Kier molecular flexibility index (Phi) is 5.77. The van der Waals surface area contributed by atoms with Gasteiger partial charge in [0, 0.05) is 16.6 Å². The standard InChI is InChI=1S/C12H16O5S/c1-8(6-10(13)15-2)18-7-9-4-5-17-11(9)12(14)16-3/h4-5,8H,6-7H2,1-3H3. The average Bonchev–Trinajstić information content (AvgIpc) is 2.83. The van der Waals surface area contributed by atoms with Crippen molar-refractivity contribution in [2.75, 3.05) is 14.2 Å². The van der Waals surface area contributed by atoms with Crippen molar-refractivity contribution in [3.8, 4) is 0 Å². The molecule has 1 heterocycles. The lowest BCUT2D eigenvalue weighted by molar-refractivity contribution is -0.140. The van der Waals surface area contributed by atoms with Gasteiger partial charge in [0.15, 0.2) is 0 Å². The second-order valence-electron chi connectivity index (χ2n) is 3.67. The van der Waals surface area contributed by atoms with E-state index >= 15 is 0 Å². The van der Waals surface area contributed by atoms with Crippen molar-refractivity contribution in [1.29, 1.82) is 0 Å². The van der Waals surface area contributed by atoms with Gasteiger partial charge in [0.1, 0.15) is 0 Å². The number of ether oxygens (including phenoxy) is 2. The molecular formula is C12H16O5S. The number of hydrogen-bond acceptors (Lipinski definition) is 6. The van der Waals surface area contributed by atoms with Gasteiger partial charge in [-0.2, -0.15) is 11.8 Å². The first kappa shape index (κ1) is 14.6. The zero-order chi connectivity index (χ0) is 13.5. The molecule has 0 saturated carbocycles. The summed E-state index contributed by atoms with van der Waals surface area (Å²) in [5.41, 5.74) is 0.767. The van der Waals surface area contributed by atoms with E-state index in [1.54, 1.807) is 17.8 Å². The zero-order valence-corrected chi connectivity index (χ0v) is 11.4. The van der Waals surface area contributed by atoms with E-state index in [9.17, 15) is 9.59 Å². The molecule has 0 N–H and O–H groups in total. The molecule has 0 spiro atoms. The van der Waals surface area contributed by atoms with Gasteiger partial charge in [0.2, 0.25) is 5.76 Å². The molecule has 0 radical (unpaired) electrons. The van der Waals surface area contributed by atoms with Crippen LogP contribution in [-0.2, 0) is 20.0 Å². The molecule has 5 nitrogen and oxygen atoms in total. The van der Waals surface area contributed by atoms with Crippen LogP contribution in [0.25, 0.3) is 0 Å². The van der Waals surface area contributed by atoms with Crippen molar-refractivity contribution in [3.05, 3.63) is 23.7 Å². The fraction of sp³-hybridized carbons (Fsp3) is 0.500. The van der Waals surface area contributed by atoms with E-state index in [0.29, 0.717) is 12.2 Å². The number of esters is 2. The Morgan fingerprint density at radius 2 is 2.11 bits per heavy atom. The van der Waals surface area contributed by atoms with Crippen LogP contribution < -0.4 is 0 Å². The highest BCUT2D eigenvalue weighted by molar-refractivity contribution is 7.99. The summed E-state index contributed by atoms with van der Waals surface area (Å²) in [7, 11) is 2.67. The quantitative estimate of drug-likeness (QED) is 0.740. The van der Waals surface area contributed by atoms with E-state index in [1.807, 2.05) is 6.92 Å². The van der Waals surface area contributed by atoms with Crippen LogP contribution >= 0.6 is 11.8 Å². The summed E-state index contributed by atoms with van der Waals surface area (Å²) in [6, 6.07) is 1.73. The summed E-state index contributed by atoms with van der Waals surface area (Å²) in [5, 5.41) is 0.109. The Bertz CT molecular complexity index is 412. The maximum absolute atomic E-state index is 11.4. The molecule has 100 valence electrons. The van der Waals surface area contributed by atoms with Gasteiger partial charge in [-0.3, -0.25) is 4.79 Å². The first-order valence-corrected chi connectivity index (χ1v) is 6.46. The molecule has 1 atom stereocenters. The van der Waals surface area contributed by atoms with E-state index in [4.69, 9.17) is 4.42 Å².